The molecule has 0 aromatic heterocycles. The molecule has 2 aliphatic rings. The molecule has 0 amide bonds. The SMILES string of the molecule is N#CC(C#N)=C1c2cc(F)ccc2-c2cc3c(cc21)-c1ccc(-c2ccc(C(F)(F)F)cc2)cc1C3=C(C#N)C#N. The summed E-state index contributed by atoms with van der Waals surface area (Å²) in [6.45, 7) is 0. The molecule has 4 nitrogen and oxygen atoms in total. The zero-order valence-electron chi connectivity index (χ0n) is 20.7. The third kappa shape index (κ3) is 3.79. The van der Waals surface area contributed by atoms with Crippen molar-refractivity contribution in [2.75, 3.05) is 0 Å². The van der Waals surface area contributed by atoms with Crippen molar-refractivity contribution in [3.63, 3.8) is 0 Å². The lowest BCUT2D eigenvalue weighted by molar-refractivity contribution is -0.137. The van der Waals surface area contributed by atoms with Crippen LogP contribution in [0.3, 0.4) is 0 Å². The molecule has 0 radical (unpaired) electrons. The van der Waals surface area contributed by atoms with Crippen LogP contribution in [-0.4, -0.2) is 0 Å². The molecule has 8 heteroatoms. The Kier molecular flexibility index (Phi) is 5.60. The van der Waals surface area contributed by atoms with Crippen LogP contribution in [0.4, 0.5) is 17.6 Å². The molecule has 192 valence electrons. The molecule has 6 rings (SSSR count). The van der Waals surface area contributed by atoms with Crippen molar-refractivity contribution in [3.8, 4) is 57.7 Å². The summed E-state index contributed by atoms with van der Waals surface area (Å²) in [6.07, 6.45) is -4.47. The van der Waals surface area contributed by atoms with Crippen LogP contribution in [0.25, 0.3) is 44.5 Å². The summed E-state index contributed by atoms with van der Waals surface area (Å²) < 4.78 is 53.5. The minimum Gasteiger partial charge on any atom is -0.207 e. The number of rotatable bonds is 1. The Hall–Kier alpha value is -5.96. The van der Waals surface area contributed by atoms with Crippen LogP contribution < -0.4 is 0 Å². The Morgan fingerprint density at radius 1 is 0.488 bits per heavy atom. The van der Waals surface area contributed by atoms with E-state index in [-0.39, 0.29) is 11.1 Å². The number of benzene rings is 4. The molecule has 0 aliphatic heterocycles. The summed E-state index contributed by atoms with van der Waals surface area (Å²) in [7, 11) is 0. The zero-order valence-corrected chi connectivity index (χ0v) is 20.7. The van der Waals surface area contributed by atoms with Gasteiger partial charge in [0, 0.05) is 11.1 Å². The third-order valence-electron chi connectivity index (χ3n) is 7.31. The normalized spacial score (nSPS) is 12.2. The maximum atomic E-state index is 14.3. The van der Waals surface area contributed by atoms with Gasteiger partial charge < -0.3 is 0 Å². The highest BCUT2D eigenvalue weighted by atomic mass is 19.4. The molecule has 0 heterocycles. The van der Waals surface area contributed by atoms with Gasteiger partial charge in [0.2, 0.25) is 0 Å². The Labute approximate surface area is 231 Å². The van der Waals surface area contributed by atoms with Gasteiger partial charge in [-0.25, -0.2) is 4.39 Å². The average molecular weight is 540 g/mol. The molecule has 2 aliphatic carbocycles. The van der Waals surface area contributed by atoms with Gasteiger partial charge in [-0.05, 0) is 98.1 Å². The van der Waals surface area contributed by atoms with Gasteiger partial charge in [-0.3, -0.25) is 0 Å². The predicted molar refractivity (Wildman–Crippen MR) is 142 cm³/mol. The fourth-order valence-electron chi connectivity index (χ4n) is 5.54. The Balaban J connectivity index is 1.61. The standard InChI is InChI=1S/C33H12F4N4/c34-22-6-8-24-26-12-29-25(11-30(26)32(28(24)10-22)20(15-40)16-41)23-7-3-18(9-27(23)31(29)19(13-38)14-39)17-1-4-21(5-2-17)33(35,36)37/h1-12H. The fourth-order valence-corrected chi connectivity index (χ4v) is 5.54. The number of halogens is 4. The predicted octanol–water partition coefficient (Wildman–Crippen LogP) is 8.17. The summed E-state index contributed by atoms with van der Waals surface area (Å²) in [4.78, 5) is 0. The number of nitrogens with zero attached hydrogens (tertiary/aromatic N) is 4. The largest absolute Gasteiger partial charge is 0.416 e. The van der Waals surface area contributed by atoms with Crippen molar-refractivity contribution in [1.82, 2.24) is 0 Å². The number of hydrogen-bond acceptors (Lipinski definition) is 4. The lowest BCUT2D eigenvalue weighted by Gasteiger charge is -2.10. The lowest BCUT2D eigenvalue weighted by atomic mass is 9.93. The molecule has 41 heavy (non-hydrogen) atoms. The quantitative estimate of drug-likeness (QED) is 0.155. The van der Waals surface area contributed by atoms with Crippen LogP contribution in [-0.2, 0) is 6.18 Å². The van der Waals surface area contributed by atoms with E-state index in [2.05, 4.69) is 0 Å². The maximum absolute atomic E-state index is 14.3. The van der Waals surface area contributed by atoms with E-state index in [1.807, 2.05) is 24.3 Å². The van der Waals surface area contributed by atoms with Gasteiger partial charge in [-0.15, -0.1) is 0 Å². The lowest BCUT2D eigenvalue weighted by Crippen LogP contribution is -2.03. The molecule has 0 atom stereocenters. The highest BCUT2D eigenvalue weighted by molar-refractivity contribution is 6.11. The Morgan fingerprint density at radius 3 is 1.41 bits per heavy atom. The number of fused-ring (bicyclic) bond motifs is 6. The van der Waals surface area contributed by atoms with Gasteiger partial charge >= 0.3 is 6.18 Å². The molecular formula is C33H12F4N4. The van der Waals surface area contributed by atoms with Gasteiger partial charge in [0.25, 0.3) is 0 Å². The summed E-state index contributed by atoms with van der Waals surface area (Å²) >= 11 is 0. The van der Waals surface area contributed by atoms with Crippen molar-refractivity contribution < 1.29 is 17.6 Å². The van der Waals surface area contributed by atoms with E-state index in [4.69, 9.17) is 0 Å². The van der Waals surface area contributed by atoms with Crippen LogP contribution in [0.2, 0.25) is 0 Å². The molecule has 0 N–H and O–H groups in total. The highest BCUT2D eigenvalue weighted by Gasteiger charge is 2.34. The fraction of sp³-hybridized carbons (Fsp3) is 0.0303. The second-order valence-electron chi connectivity index (χ2n) is 9.42. The van der Waals surface area contributed by atoms with E-state index >= 15 is 0 Å². The van der Waals surface area contributed by atoms with Gasteiger partial charge in [0.15, 0.2) is 0 Å². The molecule has 0 bridgehead atoms. The van der Waals surface area contributed by atoms with E-state index in [1.165, 1.54) is 24.3 Å². The monoisotopic (exact) mass is 540 g/mol. The molecule has 4 aromatic carbocycles. The van der Waals surface area contributed by atoms with Crippen molar-refractivity contribution >= 4 is 11.1 Å². The highest BCUT2D eigenvalue weighted by Crippen LogP contribution is 2.54. The van der Waals surface area contributed by atoms with Crippen LogP contribution in [0.5, 0.6) is 0 Å². The first-order chi connectivity index (χ1) is 19.7. The average Bonchev–Trinajstić information content (AvgIpc) is 3.44. The van der Waals surface area contributed by atoms with Crippen molar-refractivity contribution in [2.24, 2.45) is 0 Å². The summed E-state index contributed by atoms with van der Waals surface area (Å²) in [5.41, 5.74) is 5.19. The molecular weight excluding hydrogens is 528 g/mol. The van der Waals surface area contributed by atoms with Gasteiger partial charge in [0.1, 0.15) is 41.2 Å². The van der Waals surface area contributed by atoms with Crippen LogP contribution in [0, 0.1) is 51.1 Å². The molecule has 0 saturated heterocycles. The zero-order chi connectivity index (χ0) is 29.1. The van der Waals surface area contributed by atoms with Crippen LogP contribution >= 0.6 is 0 Å². The van der Waals surface area contributed by atoms with Crippen molar-refractivity contribution in [2.45, 2.75) is 6.18 Å². The first-order valence-corrected chi connectivity index (χ1v) is 12.1. The van der Waals surface area contributed by atoms with Gasteiger partial charge in [0.05, 0.1) is 5.56 Å². The Bertz CT molecular complexity index is 2040. The number of allylic oxidation sites excluding steroid dienone is 2. The molecule has 0 fully saturated rings. The smallest absolute Gasteiger partial charge is 0.207 e. The Morgan fingerprint density at radius 2 is 0.927 bits per heavy atom. The van der Waals surface area contributed by atoms with Crippen LogP contribution in [0.15, 0.2) is 83.9 Å². The number of hydrogen-bond donors (Lipinski definition) is 0. The second kappa shape index (κ2) is 9.06. The van der Waals surface area contributed by atoms with Crippen molar-refractivity contribution in [1.29, 1.82) is 21.0 Å². The molecule has 0 spiro atoms. The summed E-state index contributed by atoms with van der Waals surface area (Å²) in [6, 6.07) is 25.2. The summed E-state index contributed by atoms with van der Waals surface area (Å²) in [5, 5.41) is 39.0. The van der Waals surface area contributed by atoms with Gasteiger partial charge in [-0.2, -0.15) is 34.2 Å². The first kappa shape index (κ1) is 25.3. The maximum Gasteiger partial charge on any atom is 0.416 e. The third-order valence-corrected chi connectivity index (χ3v) is 7.31. The van der Waals surface area contributed by atoms with Crippen molar-refractivity contribution in [3.05, 3.63) is 118 Å². The first-order valence-electron chi connectivity index (χ1n) is 12.1. The number of nitriles is 4. The number of alkyl halides is 3. The van der Waals surface area contributed by atoms with Crippen LogP contribution in [0.1, 0.15) is 27.8 Å². The molecule has 0 saturated carbocycles. The van der Waals surface area contributed by atoms with E-state index in [9.17, 15) is 38.6 Å². The van der Waals surface area contributed by atoms with E-state index < -0.39 is 17.6 Å². The van der Waals surface area contributed by atoms with Gasteiger partial charge in [-0.1, -0.05) is 30.3 Å². The van der Waals surface area contributed by atoms with E-state index in [0.29, 0.717) is 66.8 Å². The topological polar surface area (TPSA) is 95.2 Å². The minimum absolute atomic E-state index is 0.155. The second-order valence-corrected chi connectivity index (χ2v) is 9.42. The molecule has 4 aromatic rings. The molecule has 0 unspecified atom stereocenters. The summed E-state index contributed by atoms with van der Waals surface area (Å²) in [5.74, 6) is -0.533. The minimum atomic E-state index is -4.47. The van der Waals surface area contributed by atoms with E-state index in [0.717, 1.165) is 12.1 Å². The van der Waals surface area contributed by atoms with E-state index in [1.54, 1.807) is 36.4 Å².